The van der Waals surface area contributed by atoms with Crippen LogP contribution in [0.5, 0.6) is 0 Å². The molecule has 0 saturated heterocycles. The molecule has 9 heteroatoms. The molecule has 0 unspecified atom stereocenters. The summed E-state index contributed by atoms with van der Waals surface area (Å²) < 4.78 is 26.9. The quantitative estimate of drug-likeness (QED) is 0.360. The molecule has 7 nitrogen and oxygen atoms in total. The van der Waals surface area contributed by atoms with Crippen molar-refractivity contribution < 1.29 is 17.8 Å². The zero-order chi connectivity index (χ0) is 13.5. The van der Waals surface area contributed by atoms with Crippen LogP contribution in [0, 0.1) is 10.1 Å². The fourth-order valence-corrected chi connectivity index (χ4v) is 2.21. The third kappa shape index (κ3) is 2.20. The maximum Gasteiger partial charge on any atom is 0.356 e. The first-order chi connectivity index (χ1) is 8.29. The Kier molecular flexibility index (Phi) is 2.83. The van der Waals surface area contributed by atoms with Gasteiger partial charge in [0, 0.05) is 28.2 Å². The zero-order valence-electron chi connectivity index (χ0n) is 8.49. The zero-order valence-corrected chi connectivity index (χ0v) is 10.1. The summed E-state index contributed by atoms with van der Waals surface area (Å²) in [6, 6.07) is 4.37. The molecule has 0 atom stereocenters. The van der Waals surface area contributed by atoms with Gasteiger partial charge < -0.3 is 4.42 Å². The Hall–Kier alpha value is -1.93. The minimum Gasteiger partial charge on any atom is -0.422 e. The van der Waals surface area contributed by atoms with E-state index in [1.165, 1.54) is 6.07 Å². The number of nitrogens with zero attached hydrogens (tertiary/aromatic N) is 1. The molecular weight excluding hydrogens is 286 g/mol. The molecule has 94 valence electrons. The second-order valence-electron chi connectivity index (χ2n) is 3.32. The Morgan fingerprint density at radius 2 is 1.94 bits per heavy atom. The average Bonchev–Trinajstić information content (AvgIpc) is 2.25. The number of hydrogen-bond acceptors (Lipinski definition) is 6. The molecule has 0 fully saturated rings. The number of benzene rings is 1. The summed E-state index contributed by atoms with van der Waals surface area (Å²) in [5.74, 6) is 0. The van der Waals surface area contributed by atoms with Crippen molar-refractivity contribution in [1.82, 2.24) is 0 Å². The molecule has 0 radical (unpaired) electrons. The van der Waals surface area contributed by atoms with E-state index in [0.29, 0.717) is 0 Å². The van der Waals surface area contributed by atoms with Crippen molar-refractivity contribution in [2.45, 2.75) is 4.90 Å². The van der Waals surface area contributed by atoms with E-state index in [0.717, 1.165) is 18.2 Å². The van der Waals surface area contributed by atoms with Crippen LogP contribution in [0.2, 0.25) is 0 Å². The molecule has 0 amide bonds. The number of halogens is 1. The standard InChI is InChI=1S/C9H4ClNO6S/c10-18(15,16)8-4-5-3-6(11(13)14)1-2-7(5)17-9(8)12/h1-4H. The van der Waals surface area contributed by atoms with Gasteiger partial charge in [-0.3, -0.25) is 10.1 Å². The Morgan fingerprint density at radius 3 is 2.50 bits per heavy atom. The summed E-state index contributed by atoms with van der Waals surface area (Å²) in [6.45, 7) is 0. The smallest absolute Gasteiger partial charge is 0.356 e. The monoisotopic (exact) mass is 289 g/mol. The van der Waals surface area contributed by atoms with Crippen LogP contribution >= 0.6 is 10.7 Å². The average molecular weight is 290 g/mol. The first kappa shape index (κ1) is 12.5. The van der Waals surface area contributed by atoms with Crippen LogP contribution in [0.1, 0.15) is 0 Å². The first-order valence-corrected chi connectivity index (χ1v) is 6.77. The highest BCUT2D eigenvalue weighted by Crippen LogP contribution is 2.22. The number of hydrogen-bond donors (Lipinski definition) is 0. The molecule has 2 aromatic rings. The number of nitro benzene ring substituents is 1. The van der Waals surface area contributed by atoms with Gasteiger partial charge in [-0.05, 0) is 12.1 Å². The molecule has 18 heavy (non-hydrogen) atoms. The van der Waals surface area contributed by atoms with E-state index in [2.05, 4.69) is 0 Å². The normalized spacial score (nSPS) is 11.6. The number of non-ortho nitro benzene ring substituents is 1. The molecule has 0 spiro atoms. The first-order valence-electron chi connectivity index (χ1n) is 4.46. The van der Waals surface area contributed by atoms with Gasteiger partial charge in [0.25, 0.3) is 14.7 Å². The molecule has 0 aliphatic heterocycles. The van der Waals surface area contributed by atoms with Gasteiger partial charge in [-0.2, -0.15) is 0 Å². The van der Waals surface area contributed by atoms with E-state index in [4.69, 9.17) is 15.1 Å². The van der Waals surface area contributed by atoms with Gasteiger partial charge in [-0.15, -0.1) is 0 Å². The van der Waals surface area contributed by atoms with Crippen LogP contribution in [0.15, 0.2) is 38.4 Å². The highest BCUT2D eigenvalue weighted by atomic mass is 35.7. The fraction of sp³-hybridized carbons (Fsp3) is 0. The van der Waals surface area contributed by atoms with Crippen molar-refractivity contribution in [3.8, 4) is 0 Å². The Labute approximate surface area is 104 Å². The second-order valence-corrected chi connectivity index (χ2v) is 5.85. The van der Waals surface area contributed by atoms with Crippen molar-refractivity contribution in [2.75, 3.05) is 0 Å². The molecule has 0 N–H and O–H groups in total. The van der Waals surface area contributed by atoms with Crippen molar-refractivity contribution in [3.05, 3.63) is 44.8 Å². The molecule has 0 aliphatic carbocycles. The van der Waals surface area contributed by atoms with E-state index < -0.39 is 24.5 Å². The number of rotatable bonds is 2. The van der Waals surface area contributed by atoms with Crippen molar-refractivity contribution in [1.29, 1.82) is 0 Å². The summed E-state index contributed by atoms with van der Waals surface area (Å²) in [6.07, 6.45) is 0. The molecule has 0 saturated carbocycles. The van der Waals surface area contributed by atoms with Crippen molar-refractivity contribution in [2.24, 2.45) is 0 Å². The molecule has 1 aromatic heterocycles. The SMILES string of the molecule is O=c1oc2ccc([N+](=O)[O-])cc2cc1S(=O)(=O)Cl. The molecule has 0 bridgehead atoms. The maximum atomic E-state index is 11.3. The van der Waals surface area contributed by atoms with Gasteiger partial charge in [0.2, 0.25) is 0 Å². The van der Waals surface area contributed by atoms with E-state index in [-0.39, 0.29) is 16.7 Å². The van der Waals surface area contributed by atoms with Crippen LogP contribution in [0.25, 0.3) is 11.0 Å². The molecule has 2 rings (SSSR count). The summed E-state index contributed by atoms with van der Waals surface area (Å²) in [5, 5.41) is 10.7. The minimum absolute atomic E-state index is 0.0367. The highest BCUT2D eigenvalue weighted by Gasteiger charge is 2.18. The molecular formula is C9H4ClNO6S. The van der Waals surface area contributed by atoms with Gasteiger partial charge >= 0.3 is 5.63 Å². The van der Waals surface area contributed by atoms with E-state index in [1.54, 1.807) is 0 Å². The maximum absolute atomic E-state index is 11.3. The van der Waals surface area contributed by atoms with Crippen molar-refractivity contribution in [3.63, 3.8) is 0 Å². The van der Waals surface area contributed by atoms with Gasteiger partial charge in [-0.1, -0.05) is 0 Å². The van der Waals surface area contributed by atoms with Crippen LogP contribution in [-0.2, 0) is 9.05 Å². The lowest BCUT2D eigenvalue weighted by Gasteiger charge is -1.99. The van der Waals surface area contributed by atoms with E-state index in [9.17, 15) is 23.3 Å². The second kappa shape index (κ2) is 4.07. The topological polar surface area (TPSA) is 107 Å². The molecule has 1 heterocycles. The van der Waals surface area contributed by atoms with Crippen LogP contribution in [-0.4, -0.2) is 13.3 Å². The number of fused-ring (bicyclic) bond motifs is 1. The summed E-state index contributed by atoms with van der Waals surface area (Å²) in [4.78, 5) is 20.5. The van der Waals surface area contributed by atoms with Gasteiger partial charge in [-0.25, -0.2) is 13.2 Å². The van der Waals surface area contributed by atoms with Gasteiger partial charge in [0.15, 0.2) is 4.90 Å². The summed E-state index contributed by atoms with van der Waals surface area (Å²) in [5.41, 5.74) is -1.34. The van der Waals surface area contributed by atoms with E-state index >= 15 is 0 Å². The number of nitro groups is 1. The third-order valence-corrected chi connectivity index (χ3v) is 3.47. The Morgan fingerprint density at radius 1 is 1.28 bits per heavy atom. The molecule has 1 aromatic carbocycles. The lowest BCUT2D eigenvalue weighted by atomic mass is 10.2. The van der Waals surface area contributed by atoms with Crippen LogP contribution in [0.4, 0.5) is 5.69 Å². The van der Waals surface area contributed by atoms with Crippen molar-refractivity contribution >= 4 is 36.4 Å². The third-order valence-electron chi connectivity index (χ3n) is 2.16. The largest absolute Gasteiger partial charge is 0.422 e. The van der Waals surface area contributed by atoms with Gasteiger partial charge in [0.1, 0.15) is 5.58 Å². The summed E-state index contributed by atoms with van der Waals surface area (Å²) in [7, 11) is 0.783. The Balaban J connectivity index is 2.83. The van der Waals surface area contributed by atoms with E-state index in [1.807, 2.05) is 0 Å². The predicted molar refractivity (Wildman–Crippen MR) is 62.2 cm³/mol. The van der Waals surface area contributed by atoms with Crippen LogP contribution in [0.3, 0.4) is 0 Å². The minimum atomic E-state index is -4.26. The van der Waals surface area contributed by atoms with Gasteiger partial charge in [0.05, 0.1) is 4.92 Å². The lowest BCUT2D eigenvalue weighted by molar-refractivity contribution is -0.384. The fourth-order valence-electron chi connectivity index (χ4n) is 1.38. The lowest BCUT2D eigenvalue weighted by Crippen LogP contribution is -2.09. The molecule has 0 aliphatic rings. The summed E-state index contributed by atoms with van der Waals surface area (Å²) >= 11 is 0. The predicted octanol–water partition coefficient (Wildman–Crippen LogP) is 1.63. The van der Waals surface area contributed by atoms with Crippen LogP contribution < -0.4 is 5.63 Å². The highest BCUT2D eigenvalue weighted by molar-refractivity contribution is 8.13. The Bertz CT molecular complexity index is 809.